The van der Waals surface area contributed by atoms with Gasteiger partial charge in [0.2, 0.25) is 0 Å². The molecular formula is C58H33N3O2. The number of rotatable bonds is 3. The van der Waals surface area contributed by atoms with Crippen molar-refractivity contribution in [1.29, 1.82) is 0 Å². The lowest BCUT2D eigenvalue weighted by Crippen LogP contribution is -2.29. The van der Waals surface area contributed by atoms with E-state index < -0.39 is 5.41 Å². The third-order valence-electron chi connectivity index (χ3n) is 13.4. The van der Waals surface area contributed by atoms with E-state index in [0.717, 1.165) is 60.6 Å². The Balaban J connectivity index is 1.05. The maximum absolute atomic E-state index is 6.39. The van der Waals surface area contributed by atoms with Gasteiger partial charge in [-0.25, -0.2) is 15.0 Å². The maximum atomic E-state index is 6.39. The van der Waals surface area contributed by atoms with Crippen molar-refractivity contribution in [1.82, 2.24) is 15.0 Å². The first kappa shape index (κ1) is 34.3. The molecule has 3 heterocycles. The molecule has 0 unspecified atom stereocenters. The van der Waals surface area contributed by atoms with Gasteiger partial charge in [-0.05, 0) is 92.0 Å². The summed E-state index contributed by atoms with van der Waals surface area (Å²) in [7, 11) is 0. The van der Waals surface area contributed by atoms with Crippen LogP contribution in [0.15, 0.2) is 209 Å². The summed E-state index contributed by atoms with van der Waals surface area (Å²) in [5.74, 6) is 1.70. The Labute approximate surface area is 361 Å². The number of aromatic nitrogens is 3. The van der Waals surface area contributed by atoms with E-state index in [1.165, 1.54) is 55.6 Å². The summed E-state index contributed by atoms with van der Waals surface area (Å²) in [5, 5.41) is 4.11. The van der Waals surface area contributed by atoms with Crippen LogP contribution in [0.25, 0.3) is 111 Å². The molecular weight excluding hydrogens is 771 g/mol. The summed E-state index contributed by atoms with van der Waals surface area (Å²) in [4.78, 5) is 16.0. The van der Waals surface area contributed by atoms with Crippen molar-refractivity contribution in [2.24, 2.45) is 0 Å². The summed E-state index contributed by atoms with van der Waals surface area (Å²) in [6, 6.07) is 71.2. The third-order valence-corrected chi connectivity index (χ3v) is 13.4. The number of nitrogens with zero attached hydrogens (tertiary/aromatic N) is 3. The normalized spacial score (nSPS) is 13.2. The van der Waals surface area contributed by atoms with Gasteiger partial charge in [-0.3, -0.25) is 0 Å². The maximum Gasteiger partial charge on any atom is 0.164 e. The van der Waals surface area contributed by atoms with E-state index in [-0.39, 0.29) is 0 Å². The number of furan rings is 2. The number of fused-ring (bicyclic) bond motifs is 18. The SMILES string of the molecule is c1ccc2c(c1)-c1ccccc1C1(c3ccccc3-2)c2ccccc2-c2ccc(-c3nc(-c4ccc5c(c4)oc4ccccc45)nc(-c4cccc5oc6ccccc6c45)n3)cc21. The van der Waals surface area contributed by atoms with Gasteiger partial charge in [-0.15, -0.1) is 0 Å². The summed E-state index contributed by atoms with van der Waals surface area (Å²) >= 11 is 0. The zero-order valence-corrected chi connectivity index (χ0v) is 33.7. The monoisotopic (exact) mass is 803 g/mol. The van der Waals surface area contributed by atoms with Gasteiger partial charge < -0.3 is 8.83 Å². The molecule has 14 rings (SSSR count). The average molecular weight is 804 g/mol. The van der Waals surface area contributed by atoms with E-state index in [0.29, 0.717) is 17.5 Å². The summed E-state index contributed by atoms with van der Waals surface area (Å²) in [6.45, 7) is 0. The molecule has 0 fully saturated rings. The van der Waals surface area contributed by atoms with Crippen molar-refractivity contribution in [3.8, 4) is 67.5 Å². The van der Waals surface area contributed by atoms with Crippen molar-refractivity contribution in [2.75, 3.05) is 0 Å². The molecule has 0 aliphatic heterocycles. The average Bonchev–Trinajstić information content (AvgIpc) is 3.99. The van der Waals surface area contributed by atoms with Crippen LogP contribution in [-0.2, 0) is 5.41 Å². The number of hydrogen-bond donors (Lipinski definition) is 0. The first-order chi connectivity index (χ1) is 31.2. The molecule has 3 aromatic heterocycles. The highest BCUT2D eigenvalue weighted by Crippen LogP contribution is 2.61. The Morgan fingerprint density at radius 1 is 0.286 bits per heavy atom. The largest absolute Gasteiger partial charge is 0.456 e. The second-order valence-corrected chi connectivity index (χ2v) is 16.6. The van der Waals surface area contributed by atoms with E-state index >= 15 is 0 Å². The molecule has 0 atom stereocenters. The molecule has 5 heteroatoms. The molecule has 9 aromatic carbocycles. The minimum atomic E-state index is -0.638. The molecule has 2 aliphatic rings. The van der Waals surface area contributed by atoms with E-state index in [1.807, 2.05) is 48.5 Å². The topological polar surface area (TPSA) is 65.0 Å². The predicted molar refractivity (Wildman–Crippen MR) is 252 cm³/mol. The molecule has 0 N–H and O–H groups in total. The Morgan fingerprint density at radius 3 is 1.41 bits per heavy atom. The Hall–Kier alpha value is -8.41. The second-order valence-electron chi connectivity index (χ2n) is 16.6. The summed E-state index contributed by atoms with van der Waals surface area (Å²) in [5.41, 5.74) is 17.5. The van der Waals surface area contributed by atoms with Crippen molar-refractivity contribution >= 4 is 43.9 Å². The minimum absolute atomic E-state index is 0.557. The Kier molecular flexibility index (Phi) is 6.97. The van der Waals surface area contributed by atoms with Crippen LogP contribution in [0, 0.1) is 0 Å². The zero-order chi connectivity index (χ0) is 41.2. The quantitative estimate of drug-likeness (QED) is 0.178. The van der Waals surface area contributed by atoms with Gasteiger partial charge >= 0.3 is 0 Å². The first-order valence-corrected chi connectivity index (χ1v) is 21.3. The summed E-state index contributed by atoms with van der Waals surface area (Å²) in [6.07, 6.45) is 0. The van der Waals surface area contributed by atoms with Crippen LogP contribution in [0.1, 0.15) is 22.3 Å². The van der Waals surface area contributed by atoms with Crippen LogP contribution in [0.3, 0.4) is 0 Å². The van der Waals surface area contributed by atoms with Gasteiger partial charge in [0.15, 0.2) is 17.5 Å². The van der Waals surface area contributed by atoms with E-state index in [4.69, 9.17) is 23.8 Å². The minimum Gasteiger partial charge on any atom is -0.456 e. The van der Waals surface area contributed by atoms with Gasteiger partial charge in [0.25, 0.3) is 0 Å². The number of para-hydroxylation sites is 2. The first-order valence-electron chi connectivity index (χ1n) is 21.3. The highest BCUT2D eigenvalue weighted by Gasteiger charge is 2.49. The highest BCUT2D eigenvalue weighted by molar-refractivity contribution is 6.12. The zero-order valence-electron chi connectivity index (χ0n) is 33.7. The van der Waals surface area contributed by atoms with Crippen LogP contribution >= 0.6 is 0 Å². The van der Waals surface area contributed by atoms with Crippen LogP contribution in [0.4, 0.5) is 0 Å². The third kappa shape index (κ3) is 4.73. The Bertz CT molecular complexity index is 3830. The standard InChI is InChI=1S/C58H33N3O2/c1-2-15-37-36(14-1)38-16-3-8-22-46(38)58(47-23-9-4-17-39(37)47)48-24-10-5-18-40(48)41-30-28-34(32-49(41)58)55-59-56(35-29-31-43-42-19-6-11-25-50(42)63-53(43)33-35)61-57(60-55)45-21-13-27-52-54(45)44-20-7-12-26-51(44)62-52/h1-33H. The molecule has 0 saturated carbocycles. The van der Waals surface area contributed by atoms with Crippen LogP contribution in [0.5, 0.6) is 0 Å². The van der Waals surface area contributed by atoms with Crippen molar-refractivity contribution < 1.29 is 8.83 Å². The van der Waals surface area contributed by atoms with Gasteiger partial charge in [0, 0.05) is 38.2 Å². The van der Waals surface area contributed by atoms with Crippen molar-refractivity contribution in [3.05, 3.63) is 222 Å². The second kappa shape index (κ2) is 12.8. The lowest BCUT2D eigenvalue weighted by atomic mass is 9.66. The van der Waals surface area contributed by atoms with Crippen LogP contribution in [-0.4, -0.2) is 15.0 Å². The van der Waals surface area contributed by atoms with Crippen molar-refractivity contribution in [2.45, 2.75) is 5.41 Å². The van der Waals surface area contributed by atoms with Gasteiger partial charge in [-0.1, -0.05) is 164 Å². The molecule has 0 amide bonds. The molecule has 63 heavy (non-hydrogen) atoms. The van der Waals surface area contributed by atoms with E-state index in [1.54, 1.807) is 0 Å². The van der Waals surface area contributed by atoms with E-state index in [9.17, 15) is 0 Å². The fourth-order valence-electron chi connectivity index (χ4n) is 10.8. The Morgan fingerprint density at radius 2 is 0.730 bits per heavy atom. The fraction of sp³-hybridized carbons (Fsp3) is 0.0172. The van der Waals surface area contributed by atoms with Crippen LogP contribution < -0.4 is 0 Å². The lowest BCUT2D eigenvalue weighted by molar-refractivity contribution is 0.668. The molecule has 12 aromatic rings. The van der Waals surface area contributed by atoms with Crippen molar-refractivity contribution in [3.63, 3.8) is 0 Å². The van der Waals surface area contributed by atoms with Gasteiger partial charge in [-0.2, -0.15) is 0 Å². The van der Waals surface area contributed by atoms with Crippen LogP contribution in [0.2, 0.25) is 0 Å². The number of benzene rings is 9. The fourth-order valence-corrected chi connectivity index (χ4v) is 10.8. The molecule has 2 aliphatic carbocycles. The lowest BCUT2D eigenvalue weighted by Gasteiger charge is -2.35. The van der Waals surface area contributed by atoms with E-state index in [2.05, 4.69) is 152 Å². The highest BCUT2D eigenvalue weighted by atomic mass is 16.3. The molecule has 0 bridgehead atoms. The summed E-state index contributed by atoms with van der Waals surface area (Å²) < 4.78 is 12.8. The smallest absolute Gasteiger partial charge is 0.164 e. The van der Waals surface area contributed by atoms with Gasteiger partial charge in [0.1, 0.15) is 22.3 Å². The molecule has 1 spiro atoms. The molecule has 292 valence electrons. The molecule has 0 saturated heterocycles. The predicted octanol–water partition coefficient (Wildman–Crippen LogP) is 14.7. The molecule has 5 nitrogen and oxygen atoms in total. The number of hydrogen-bond acceptors (Lipinski definition) is 5. The van der Waals surface area contributed by atoms with Gasteiger partial charge in [0.05, 0.1) is 5.41 Å². The molecule has 0 radical (unpaired) electrons.